The van der Waals surface area contributed by atoms with Crippen LogP contribution < -0.4 is 0 Å². The van der Waals surface area contributed by atoms with Gasteiger partial charge in [-0.2, -0.15) is 0 Å². The van der Waals surface area contributed by atoms with Gasteiger partial charge in [0.05, 0.1) is 0 Å². The lowest BCUT2D eigenvalue weighted by molar-refractivity contribution is -0.156. The number of ether oxygens (including phenoxy) is 1. The van der Waals surface area contributed by atoms with Crippen molar-refractivity contribution in [1.82, 2.24) is 0 Å². The average Bonchev–Trinajstić information content (AvgIpc) is 3.00. The van der Waals surface area contributed by atoms with Crippen LogP contribution in [0.3, 0.4) is 0 Å². The van der Waals surface area contributed by atoms with Gasteiger partial charge in [-0.25, -0.2) is 4.79 Å². The maximum Gasteiger partial charge on any atom is 0.338 e. The summed E-state index contributed by atoms with van der Waals surface area (Å²) in [7, 11) is 0. The molecule has 0 bridgehead atoms. The first-order valence-electron chi connectivity index (χ1n) is 17.6. The summed E-state index contributed by atoms with van der Waals surface area (Å²) in [5, 5.41) is 0. The van der Waals surface area contributed by atoms with E-state index in [-0.39, 0.29) is 0 Å². The molecule has 0 unspecified atom stereocenters. The fourth-order valence-electron chi connectivity index (χ4n) is 4.58. The Morgan fingerprint density at radius 1 is 0.419 bits per heavy atom. The molecule has 0 atom stereocenters. The summed E-state index contributed by atoms with van der Waals surface area (Å²) in [6.45, 7) is 4.52. The summed E-state index contributed by atoms with van der Waals surface area (Å²) in [6.07, 6.45) is 53.9. The molecule has 0 spiro atoms. The van der Waals surface area contributed by atoms with E-state index >= 15 is 0 Å². The molecule has 43 heavy (non-hydrogen) atoms. The third-order valence-electron chi connectivity index (χ3n) is 7.20. The second-order valence-corrected chi connectivity index (χ2v) is 11.4. The lowest BCUT2D eigenvalue weighted by Crippen LogP contribution is -2.09. The maximum atomic E-state index is 11.9. The monoisotopic (exact) mass is 592 g/mol. The third-order valence-corrected chi connectivity index (χ3v) is 7.20. The molecule has 0 heterocycles. The van der Waals surface area contributed by atoms with E-state index in [1.165, 1.54) is 109 Å². The number of hydrogen-bond acceptors (Lipinski definition) is 3. The first-order chi connectivity index (χ1) is 21.2. The van der Waals surface area contributed by atoms with Crippen LogP contribution in [0.4, 0.5) is 0 Å². The Morgan fingerprint density at radius 2 is 0.791 bits per heavy atom. The molecular weight excluding hydrogens is 528 g/mol. The number of hydrogen-bond donors (Lipinski definition) is 0. The topological polar surface area (TPSA) is 43.4 Å². The summed E-state index contributed by atoms with van der Waals surface area (Å²) in [6, 6.07) is 0. The fraction of sp³-hybridized carbons (Fsp3) is 0.600. The van der Waals surface area contributed by atoms with Gasteiger partial charge < -0.3 is 4.74 Å². The normalized spacial score (nSPS) is 12.6. The van der Waals surface area contributed by atoms with Crippen LogP contribution in [0, 0.1) is 0 Å². The largest absolute Gasteiger partial charge is 0.390 e. The van der Waals surface area contributed by atoms with E-state index in [1.54, 1.807) is 12.2 Å². The van der Waals surface area contributed by atoms with Crippen LogP contribution in [0.15, 0.2) is 85.1 Å². The summed E-state index contributed by atoms with van der Waals surface area (Å²) >= 11 is 0. The Balaban J connectivity index is 3.68. The molecule has 0 aromatic rings. The van der Waals surface area contributed by atoms with Gasteiger partial charge in [0.2, 0.25) is 0 Å². The Bertz CT molecular complexity index is 838. The smallest absolute Gasteiger partial charge is 0.338 e. The van der Waals surface area contributed by atoms with Crippen LogP contribution >= 0.6 is 0 Å². The van der Waals surface area contributed by atoms with Crippen molar-refractivity contribution in [3.8, 4) is 0 Å². The Morgan fingerprint density at radius 3 is 1.28 bits per heavy atom. The van der Waals surface area contributed by atoms with Gasteiger partial charge in [0.25, 0.3) is 0 Å². The molecule has 0 aromatic heterocycles. The van der Waals surface area contributed by atoms with Crippen molar-refractivity contribution in [1.29, 1.82) is 0 Å². The highest BCUT2D eigenvalue weighted by Crippen LogP contribution is 2.11. The molecule has 0 aliphatic carbocycles. The predicted molar refractivity (Wildman–Crippen MR) is 188 cm³/mol. The standard InChI is InChI=1S/C40H64O3/c1-3-5-7-9-11-13-15-17-19-20-21-22-24-26-28-30-32-34-36-38-40(42)43-39(41)37-35-33-31-29-27-25-23-18-16-14-12-10-8-6-4-2/h18-24,26,28,30,32,34,36,38H,3-17,25,27,29,31,33,35,37H2,1-2H3/b20-19?,22-21?,23-18-,26-24?,30-28?,34-32?,38-36?. The van der Waals surface area contributed by atoms with E-state index in [2.05, 4.69) is 44.2 Å². The van der Waals surface area contributed by atoms with Gasteiger partial charge in [-0.05, 0) is 44.9 Å². The number of carbonyl (C=O) groups is 2. The molecular formula is C40H64O3. The molecule has 0 rings (SSSR count). The molecule has 3 nitrogen and oxygen atoms in total. The first-order valence-corrected chi connectivity index (χ1v) is 17.6. The lowest BCUT2D eigenvalue weighted by atomic mass is 10.1. The molecule has 0 aliphatic rings. The zero-order chi connectivity index (χ0) is 31.3. The van der Waals surface area contributed by atoms with Crippen molar-refractivity contribution in [3.63, 3.8) is 0 Å². The summed E-state index contributed by atoms with van der Waals surface area (Å²) in [4.78, 5) is 23.6. The molecule has 0 aromatic carbocycles. The van der Waals surface area contributed by atoms with E-state index in [9.17, 15) is 9.59 Å². The molecule has 0 N–H and O–H groups in total. The number of rotatable bonds is 29. The minimum absolute atomic E-state index is 0.298. The van der Waals surface area contributed by atoms with Gasteiger partial charge in [0, 0.05) is 12.5 Å². The van der Waals surface area contributed by atoms with Crippen molar-refractivity contribution < 1.29 is 14.3 Å². The molecule has 0 aliphatic heterocycles. The molecule has 0 radical (unpaired) electrons. The van der Waals surface area contributed by atoms with Gasteiger partial charge in [0.15, 0.2) is 0 Å². The van der Waals surface area contributed by atoms with Crippen molar-refractivity contribution in [2.45, 2.75) is 155 Å². The molecule has 0 saturated carbocycles. The number of esters is 2. The van der Waals surface area contributed by atoms with Gasteiger partial charge in [0.1, 0.15) is 0 Å². The zero-order valence-corrected chi connectivity index (χ0v) is 27.9. The molecule has 3 heteroatoms. The Hall–Kier alpha value is -2.68. The van der Waals surface area contributed by atoms with Gasteiger partial charge in [-0.1, -0.05) is 183 Å². The Kier molecular flexibility index (Phi) is 33.3. The fourth-order valence-corrected chi connectivity index (χ4v) is 4.58. The quantitative estimate of drug-likeness (QED) is 0.0217. The number of carbonyl (C=O) groups excluding carboxylic acids is 2. The van der Waals surface area contributed by atoms with Crippen LogP contribution in [-0.2, 0) is 14.3 Å². The van der Waals surface area contributed by atoms with E-state index in [1.807, 2.05) is 36.5 Å². The first kappa shape index (κ1) is 40.3. The van der Waals surface area contributed by atoms with Crippen LogP contribution in [0.25, 0.3) is 0 Å². The van der Waals surface area contributed by atoms with Crippen molar-refractivity contribution in [2.24, 2.45) is 0 Å². The molecule has 0 amide bonds. The highest BCUT2D eigenvalue weighted by Gasteiger charge is 2.06. The van der Waals surface area contributed by atoms with Gasteiger partial charge in [-0.3, -0.25) is 4.79 Å². The second kappa shape index (κ2) is 35.5. The third kappa shape index (κ3) is 35.4. The molecule has 242 valence electrons. The van der Waals surface area contributed by atoms with E-state index in [0.717, 1.165) is 32.1 Å². The highest BCUT2D eigenvalue weighted by atomic mass is 16.6. The maximum absolute atomic E-state index is 11.9. The Labute approximate surface area is 266 Å². The van der Waals surface area contributed by atoms with Crippen LogP contribution in [0.2, 0.25) is 0 Å². The predicted octanol–water partition coefficient (Wildman–Crippen LogP) is 12.6. The number of allylic oxidation sites excluding steroid dienone is 13. The van der Waals surface area contributed by atoms with Crippen LogP contribution in [0.1, 0.15) is 155 Å². The second-order valence-electron chi connectivity index (χ2n) is 11.4. The molecule has 0 fully saturated rings. The van der Waals surface area contributed by atoms with Crippen LogP contribution in [0.5, 0.6) is 0 Å². The minimum Gasteiger partial charge on any atom is -0.390 e. The van der Waals surface area contributed by atoms with E-state index in [4.69, 9.17) is 4.74 Å². The van der Waals surface area contributed by atoms with Crippen molar-refractivity contribution in [2.75, 3.05) is 0 Å². The SMILES string of the molecule is CCCCCCCC/C=C\CCCCCCCC(=O)OC(=O)C=CC=CC=CC=CC=CC=CCCCCCCCCC. The summed E-state index contributed by atoms with van der Waals surface area (Å²) in [5.74, 6) is -1.06. The van der Waals surface area contributed by atoms with E-state index < -0.39 is 11.9 Å². The average molecular weight is 593 g/mol. The van der Waals surface area contributed by atoms with Crippen molar-refractivity contribution in [3.05, 3.63) is 85.1 Å². The minimum atomic E-state index is -0.614. The summed E-state index contributed by atoms with van der Waals surface area (Å²) < 4.78 is 4.86. The molecule has 0 saturated heterocycles. The highest BCUT2D eigenvalue weighted by molar-refractivity contribution is 5.92. The summed E-state index contributed by atoms with van der Waals surface area (Å²) in [5.41, 5.74) is 0. The van der Waals surface area contributed by atoms with Crippen LogP contribution in [-0.4, -0.2) is 11.9 Å². The van der Waals surface area contributed by atoms with Gasteiger partial charge in [-0.15, -0.1) is 0 Å². The van der Waals surface area contributed by atoms with Gasteiger partial charge >= 0.3 is 11.9 Å². The zero-order valence-electron chi connectivity index (χ0n) is 27.9. The lowest BCUT2D eigenvalue weighted by Gasteiger charge is -2.01. The van der Waals surface area contributed by atoms with Crippen molar-refractivity contribution >= 4 is 11.9 Å². The van der Waals surface area contributed by atoms with E-state index in [0.29, 0.717) is 6.42 Å². The number of unbranched alkanes of at least 4 members (excludes halogenated alkanes) is 18.